The van der Waals surface area contributed by atoms with Gasteiger partial charge >= 0.3 is 0 Å². The highest BCUT2D eigenvalue weighted by Gasteiger charge is 2.40. The highest BCUT2D eigenvalue weighted by Crippen LogP contribution is 2.36. The Bertz CT molecular complexity index is 320. The normalized spacial score (nSPS) is 19.3. The standard InChI is InChI=1S/C13H25N3O2/c1-12(2,8-10(15)17)16-11(18)13(9-14)6-4-3-5-7-13/h3-9,14H2,1-2H3,(H2,15,17)(H,16,18). The number of hydrogen-bond acceptors (Lipinski definition) is 3. The van der Waals surface area contributed by atoms with Crippen molar-refractivity contribution in [2.24, 2.45) is 16.9 Å². The molecule has 5 N–H and O–H groups in total. The van der Waals surface area contributed by atoms with E-state index in [2.05, 4.69) is 5.32 Å². The average molecular weight is 255 g/mol. The summed E-state index contributed by atoms with van der Waals surface area (Å²) in [5, 5.41) is 2.93. The molecule has 5 nitrogen and oxygen atoms in total. The maximum Gasteiger partial charge on any atom is 0.227 e. The number of rotatable bonds is 5. The number of carbonyl (C=O) groups is 2. The molecular formula is C13H25N3O2. The van der Waals surface area contributed by atoms with Crippen LogP contribution in [0.3, 0.4) is 0 Å². The van der Waals surface area contributed by atoms with Crippen LogP contribution in [-0.4, -0.2) is 23.9 Å². The van der Waals surface area contributed by atoms with E-state index in [1.807, 2.05) is 13.8 Å². The topological polar surface area (TPSA) is 98.2 Å². The van der Waals surface area contributed by atoms with E-state index in [9.17, 15) is 9.59 Å². The van der Waals surface area contributed by atoms with Crippen molar-refractivity contribution in [2.45, 2.75) is 57.9 Å². The summed E-state index contributed by atoms with van der Waals surface area (Å²) < 4.78 is 0. The van der Waals surface area contributed by atoms with Crippen LogP contribution in [0.5, 0.6) is 0 Å². The lowest BCUT2D eigenvalue weighted by Gasteiger charge is -2.38. The predicted molar refractivity (Wildman–Crippen MR) is 70.6 cm³/mol. The van der Waals surface area contributed by atoms with Gasteiger partial charge in [-0.15, -0.1) is 0 Å². The maximum absolute atomic E-state index is 12.4. The number of amides is 2. The molecule has 5 heteroatoms. The Labute approximate surface area is 109 Å². The molecule has 1 aliphatic carbocycles. The molecule has 0 aromatic heterocycles. The summed E-state index contributed by atoms with van der Waals surface area (Å²) in [4.78, 5) is 23.4. The monoisotopic (exact) mass is 255 g/mol. The minimum atomic E-state index is -0.609. The first kappa shape index (κ1) is 15.0. The number of nitrogens with one attached hydrogen (secondary N) is 1. The lowest BCUT2D eigenvalue weighted by Crippen LogP contribution is -2.54. The second kappa shape index (κ2) is 5.69. The van der Waals surface area contributed by atoms with Crippen LogP contribution in [-0.2, 0) is 9.59 Å². The molecule has 18 heavy (non-hydrogen) atoms. The van der Waals surface area contributed by atoms with Gasteiger partial charge < -0.3 is 16.8 Å². The Kier molecular flexibility index (Phi) is 4.73. The molecule has 0 saturated heterocycles. The number of carbonyl (C=O) groups excluding carboxylic acids is 2. The van der Waals surface area contributed by atoms with Gasteiger partial charge in [-0.1, -0.05) is 19.3 Å². The molecule has 0 heterocycles. The van der Waals surface area contributed by atoms with Gasteiger partial charge in [-0.2, -0.15) is 0 Å². The van der Waals surface area contributed by atoms with E-state index in [0.29, 0.717) is 6.54 Å². The van der Waals surface area contributed by atoms with E-state index >= 15 is 0 Å². The van der Waals surface area contributed by atoms with Crippen LogP contribution in [0.2, 0.25) is 0 Å². The summed E-state index contributed by atoms with van der Waals surface area (Å²) in [7, 11) is 0. The largest absolute Gasteiger partial charge is 0.370 e. The maximum atomic E-state index is 12.4. The summed E-state index contributed by atoms with van der Waals surface area (Å²) in [6, 6.07) is 0. The Morgan fingerprint density at radius 3 is 2.22 bits per heavy atom. The van der Waals surface area contributed by atoms with Crippen molar-refractivity contribution in [1.29, 1.82) is 0 Å². The average Bonchev–Trinajstić information content (AvgIpc) is 2.27. The first-order chi connectivity index (χ1) is 8.31. The third-order valence-electron chi connectivity index (χ3n) is 3.75. The van der Waals surface area contributed by atoms with E-state index in [4.69, 9.17) is 11.5 Å². The third kappa shape index (κ3) is 3.70. The minimum absolute atomic E-state index is 0.0315. The smallest absolute Gasteiger partial charge is 0.227 e. The molecule has 104 valence electrons. The van der Waals surface area contributed by atoms with E-state index in [1.54, 1.807) is 0 Å². The summed E-state index contributed by atoms with van der Waals surface area (Å²) in [5.41, 5.74) is 9.93. The Hall–Kier alpha value is -1.10. The van der Waals surface area contributed by atoms with Gasteiger partial charge in [-0.3, -0.25) is 9.59 Å². The zero-order chi connectivity index (χ0) is 13.8. The zero-order valence-electron chi connectivity index (χ0n) is 11.4. The molecule has 1 saturated carbocycles. The zero-order valence-corrected chi connectivity index (χ0v) is 11.4. The van der Waals surface area contributed by atoms with Gasteiger partial charge in [0, 0.05) is 18.5 Å². The van der Waals surface area contributed by atoms with E-state index in [-0.39, 0.29) is 12.3 Å². The molecule has 1 fully saturated rings. The van der Waals surface area contributed by atoms with Gasteiger partial charge in [0.2, 0.25) is 11.8 Å². The highest BCUT2D eigenvalue weighted by atomic mass is 16.2. The summed E-state index contributed by atoms with van der Waals surface area (Å²) >= 11 is 0. The Morgan fingerprint density at radius 2 is 1.78 bits per heavy atom. The van der Waals surface area contributed by atoms with E-state index < -0.39 is 16.9 Å². The molecule has 1 rings (SSSR count). The second-order valence-corrected chi connectivity index (χ2v) is 6.03. The van der Waals surface area contributed by atoms with Gasteiger partial charge in [0.25, 0.3) is 0 Å². The molecule has 1 aliphatic rings. The fourth-order valence-corrected chi connectivity index (χ4v) is 2.67. The molecule has 0 aromatic rings. The fraction of sp³-hybridized carbons (Fsp3) is 0.846. The van der Waals surface area contributed by atoms with Crippen LogP contribution in [0.4, 0.5) is 0 Å². The summed E-state index contributed by atoms with van der Waals surface area (Å²) in [5.74, 6) is -0.443. The van der Waals surface area contributed by atoms with Crippen LogP contribution in [0, 0.1) is 5.41 Å². The minimum Gasteiger partial charge on any atom is -0.370 e. The Balaban J connectivity index is 2.70. The first-order valence-corrected chi connectivity index (χ1v) is 6.62. The molecule has 0 atom stereocenters. The number of hydrogen-bond donors (Lipinski definition) is 3. The first-order valence-electron chi connectivity index (χ1n) is 6.62. The van der Waals surface area contributed by atoms with Crippen molar-refractivity contribution in [1.82, 2.24) is 5.32 Å². The van der Waals surface area contributed by atoms with E-state index in [0.717, 1.165) is 25.7 Å². The van der Waals surface area contributed by atoms with Crippen LogP contribution in [0.1, 0.15) is 52.4 Å². The lowest BCUT2D eigenvalue weighted by atomic mass is 9.73. The van der Waals surface area contributed by atoms with Gasteiger partial charge in [0.05, 0.1) is 5.41 Å². The highest BCUT2D eigenvalue weighted by molar-refractivity contribution is 5.84. The lowest BCUT2D eigenvalue weighted by molar-refractivity contribution is -0.134. The molecule has 0 aliphatic heterocycles. The van der Waals surface area contributed by atoms with Crippen molar-refractivity contribution in [3.63, 3.8) is 0 Å². The molecule has 0 bridgehead atoms. The molecule has 2 amide bonds. The van der Waals surface area contributed by atoms with Crippen molar-refractivity contribution in [3.8, 4) is 0 Å². The SMILES string of the molecule is CC(C)(CC(N)=O)NC(=O)C1(CN)CCCCC1. The van der Waals surface area contributed by atoms with Gasteiger partial charge in [-0.25, -0.2) is 0 Å². The van der Waals surface area contributed by atoms with Gasteiger partial charge in [-0.05, 0) is 26.7 Å². The van der Waals surface area contributed by atoms with Crippen LogP contribution in [0.15, 0.2) is 0 Å². The third-order valence-corrected chi connectivity index (χ3v) is 3.75. The molecule has 0 spiro atoms. The number of nitrogens with two attached hydrogens (primary N) is 2. The molecular weight excluding hydrogens is 230 g/mol. The summed E-state index contributed by atoms with van der Waals surface area (Å²) in [6.45, 7) is 3.98. The van der Waals surface area contributed by atoms with Gasteiger partial charge in [0.1, 0.15) is 0 Å². The van der Waals surface area contributed by atoms with Crippen LogP contribution in [0.25, 0.3) is 0 Å². The quantitative estimate of drug-likeness (QED) is 0.673. The fourth-order valence-electron chi connectivity index (χ4n) is 2.67. The molecule has 0 radical (unpaired) electrons. The summed E-state index contributed by atoms with van der Waals surface area (Å²) in [6.07, 6.45) is 5.06. The van der Waals surface area contributed by atoms with Crippen LogP contribution < -0.4 is 16.8 Å². The van der Waals surface area contributed by atoms with Crippen LogP contribution >= 0.6 is 0 Å². The van der Waals surface area contributed by atoms with Gasteiger partial charge in [0.15, 0.2) is 0 Å². The van der Waals surface area contributed by atoms with Crippen molar-refractivity contribution in [3.05, 3.63) is 0 Å². The predicted octanol–water partition coefficient (Wildman–Crippen LogP) is 0.666. The van der Waals surface area contributed by atoms with Crippen molar-refractivity contribution < 1.29 is 9.59 Å². The number of primary amides is 1. The molecule has 0 aromatic carbocycles. The second-order valence-electron chi connectivity index (χ2n) is 6.03. The van der Waals surface area contributed by atoms with Crippen molar-refractivity contribution in [2.75, 3.05) is 6.54 Å². The van der Waals surface area contributed by atoms with Crippen molar-refractivity contribution >= 4 is 11.8 Å². The van der Waals surface area contributed by atoms with E-state index in [1.165, 1.54) is 6.42 Å². The molecule has 0 unspecified atom stereocenters. The Morgan fingerprint density at radius 1 is 1.22 bits per heavy atom.